The summed E-state index contributed by atoms with van der Waals surface area (Å²) in [5.41, 5.74) is 4.83. The average molecular weight is 493 g/mol. The lowest BCUT2D eigenvalue weighted by atomic mass is 9.91. The molecule has 2 aliphatic rings. The minimum Gasteiger partial charge on any atom is -0.489 e. The summed E-state index contributed by atoms with van der Waals surface area (Å²) >= 11 is 0. The lowest BCUT2D eigenvalue weighted by molar-refractivity contribution is -0.136. The second-order valence-electron chi connectivity index (χ2n) is 9.09. The quantitative estimate of drug-likeness (QED) is 0.586. The van der Waals surface area contributed by atoms with Gasteiger partial charge >= 0.3 is 5.97 Å². The zero-order valence-corrected chi connectivity index (χ0v) is 20.4. The molecule has 5 rings (SSSR count). The Hall–Kier alpha value is -3.20. The number of carboxylic acid groups (broad SMARTS) is 1. The van der Waals surface area contributed by atoms with Crippen LogP contribution in [-0.2, 0) is 27.8 Å². The van der Waals surface area contributed by atoms with Gasteiger partial charge in [0.15, 0.2) is 0 Å². The molecule has 1 N–H and O–H groups in total. The normalized spacial score (nSPS) is 18.7. The summed E-state index contributed by atoms with van der Waals surface area (Å²) in [6.07, 6.45) is -0.0653. The lowest BCUT2D eigenvalue weighted by Crippen LogP contribution is -2.49. The number of aryl methyl sites for hydroxylation is 1. The number of hydrogen-bond acceptors (Lipinski definition) is 5. The first-order valence-electron chi connectivity index (χ1n) is 11.7. The molecule has 182 valence electrons. The van der Waals surface area contributed by atoms with Gasteiger partial charge in [-0.1, -0.05) is 48.0 Å². The Morgan fingerprint density at radius 1 is 0.971 bits per heavy atom. The highest BCUT2D eigenvalue weighted by molar-refractivity contribution is 7.89. The highest BCUT2D eigenvalue weighted by Crippen LogP contribution is 2.40. The molecule has 3 aromatic rings. The molecule has 0 spiro atoms. The molecule has 0 amide bonds. The van der Waals surface area contributed by atoms with Gasteiger partial charge in [0.25, 0.3) is 0 Å². The van der Waals surface area contributed by atoms with Crippen molar-refractivity contribution in [3.63, 3.8) is 0 Å². The number of fused-ring (bicyclic) bond motifs is 2. The SMILES string of the molecule is Cc1ccc(S(=O)(=O)N2CCN([C@H]3c4ccccc4COc4ccc(CC(=O)O)cc43)CC2)cc1. The first kappa shape index (κ1) is 23.5. The van der Waals surface area contributed by atoms with Crippen molar-refractivity contribution in [1.29, 1.82) is 0 Å². The first-order chi connectivity index (χ1) is 16.8. The molecule has 1 fully saturated rings. The van der Waals surface area contributed by atoms with Gasteiger partial charge in [0, 0.05) is 31.7 Å². The molecule has 0 aromatic heterocycles. The van der Waals surface area contributed by atoms with Crippen molar-refractivity contribution < 1.29 is 23.1 Å². The molecule has 0 radical (unpaired) electrons. The summed E-state index contributed by atoms with van der Waals surface area (Å²) in [4.78, 5) is 13.9. The fourth-order valence-electron chi connectivity index (χ4n) is 4.94. The van der Waals surface area contributed by atoms with E-state index in [9.17, 15) is 18.3 Å². The van der Waals surface area contributed by atoms with Gasteiger partial charge in [0.2, 0.25) is 10.0 Å². The maximum absolute atomic E-state index is 13.2. The van der Waals surface area contributed by atoms with E-state index in [1.807, 2.05) is 49.4 Å². The third-order valence-corrected chi connectivity index (χ3v) is 8.67. The number of ether oxygens (including phenoxy) is 1. The van der Waals surface area contributed by atoms with Crippen LogP contribution in [0.2, 0.25) is 0 Å². The molecule has 0 saturated carbocycles. The van der Waals surface area contributed by atoms with Crippen molar-refractivity contribution >= 4 is 16.0 Å². The molecule has 0 bridgehead atoms. The Labute approximate surface area is 205 Å². The zero-order valence-electron chi connectivity index (χ0n) is 19.6. The van der Waals surface area contributed by atoms with Gasteiger partial charge in [-0.3, -0.25) is 9.69 Å². The van der Waals surface area contributed by atoms with E-state index in [1.54, 1.807) is 22.5 Å². The van der Waals surface area contributed by atoms with Gasteiger partial charge in [0.05, 0.1) is 17.4 Å². The van der Waals surface area contributed by atoms with Crippen molar-refractivity contribution in [1.82, 2.24) is 9.21 Å². The Balaban J connectivity index is 1.46. The van der Waals surface area contributed by atoms with Gasteiger partial charge < -0.3 is 9.84 Å². The number of hydrogen-bond donors (Lipinski definition) is 1. The molecule has 35 heavy (non-hydrogen) atoms. The number of rotatable bonds is 5. The van der Waals surface area contributed by atoms with E-state index in [1.165, 1.54) is 0 Å². The number of carboxylic acids is 1. The molecular weight excluding hydrogens is 464 g/mol. The number of piperazine rings is 1. The fourth-order valence-corrected chi connectivity index (χ4v) is 6.36. The van der Waals surface area contributed by atoms with E-state index in [2.05, 4.69) is 11.0 Å². The number of aliphatic carboxylic acids is 1. The van der Waals surface area contributed by atoms with Crippen molar-refractivity contribution in [2.24, 2.45) is 0 Å². The number of sulfonamides is 1. The second kappa shape index (κ2) is 9.45. The summed E-state index contributed by atoms with van der Waals surface area (Å²) in [5.74, 6) is -0.151. The summed E-state index contributed by atoms with van der Waals surface area (Å²) in [7, 11) is -3.56. The first-order valence-corrected chi connectivity index (χ1v) is 13.1. The third-order valence-electron chi connectivity index (χ3n) is 6.75. The largest absolute Gasteiger partial charge is 0.489 e. The van der Waals surface area contributed by atoms with E-state index in [0.29, 0.717) is 43.2 Å². The van der Waals surface area contributed by atoms with Crippen molar-refractivity contribution in [2.45, 2.75) is 30.9 Å². The molecule has 0 aliphatic carbocycles. The minimum atomic E-state index is -3.56. The lowest BCUT2D eigenvalue weighted by Gasteiger charge is -2.39. The molecule has 2 heterocycles. The van der Waals surface area contributed by atoms with Crippen LogP contribution in [0.15, 0.2) is 71.6 Å². The number of nitrogens with zero attached hydrogens (tertiary/aromatic N) is 2. The van der Waals surface area contributed by atoms with Crippen LogP contribution < -0.4 is 4.74 Å². The van der Waals surface area contributed by atoms with E-state index in [4.69, 9.17) is 4.74 Å². The van der Waals surface area contributed by atoms with Crippen LogP contribution in [-0.4, -0.2) is 54.9 Å². The van der Waals surface area contributed by atoms with Crippen molar-refractivity contribution in [2.75, 3.05) is 26.2 Å². The Kier molecular flexibility index (Phi) is 6.35. The number of carbonyl (C=O) groups is 1. The highest BCUT2D eigenvalue weighted by Gasteiger charge is 2.35. The van der Waals surface area contributed by atoms with Crippen LogP contribution in [0.25, 0.3) is 0 Å². The average Bonchev–Trinajstić information content (AvgIpc) is 3.00. The maximum Gasteiger partial charge on any atom is 0.307 e. The summed E-state index contributed by atoms with van der Waals surface area (Å²) in [5, 5.41) is 9.31. The Bertz CT molecular complexity index is 1350. The standard InChI is InChI=1S/C27H28N2O5S/c1-19-6-9-22(10-7-19)35(32,33)29-14-12-28(13-15-29)27-23-5-3-2-4-21(23)18-34-25-11-8-20(16-24(25)27)17-26(30)31/h2-11,16,27H,12-15,17-18H2,1H3,(H,30,31)/t27-/m0/s1. The molecule has 7 nitrogen and oxygen atoms in total. The Morgan fingerprint density at radius 2 is 1.69 bits per heavy atom. The molecule has 1 saturated heterocycles. The minimum absolute atomic E-state index is 0.0653. The zero-order chi connectivity index (χ0) is 24.6. The summed E-state index contributed by atoms with van der Waals surface area (Å²) < 4.78 is 34.1. The van der Waals surface area contributed by atoms with E-state index in [-0.39, 0.29) is 12.5 Å². The smallest absolute Gasteiger partial charge is 0.307 e. The highest BCUT2D eigenvalue weighted by atomic mass is 32.2. The summed E-state index contributed by atoms with van der Waals surface area (Å²) in [6.45, 7) is 4.21. The third kappa shape index (κ3) is 4.69. The monoisotopic (exact) mass is 492 g/mol. The topological polar surface area (TPSA) is 87.2 Å². The predicted octanol–water partition coefficient (Wildman–Crippen LogP) is 3.61. The fraction of sp³-hybridized carbons (Fsp3) is 0.296. The van der Waals surface area contributed by atoms with E-state index < -0.39 is 16.0 Å². The van der Waals surface area contributed by atoms with Crippen LogP contribution in [0.1, 0.15) is 33.9 Å². The molecule has 1 atom stereocenters. The van der Waals surface area contributed by atoms with Crippen LogP contribution >= 0.6 is 0 Å². The van der Waals surface area contributed by atoms with Crippen molar-refractivity contribution in [3.05, 3.63) is 94.5 Å². The van der Waals surface area contributed by atoms with Gasteiger partial charge in [-0.05, 0) is 47.9 Å². The van der Waals surface area contributed by atoms with Crippen LogP contribution in [0.5, 0.6) is 5.75 Å². The van der Waals surface area contributed by atoms with Crippen LogP contribution in [0.4, 0.5) is 0 Å². The van der Waals surface area contributed by atoms with Crippen LogP contribution in [0, 0.1) is 6.92 Å². The predicted molar refractivity (Wildman–Crippen MR) is 132 cm³/mol. The van der Waals surface area contributed by atoms with E-state index >= 15 is 0 Å². The van der Waals surface area contributed by atoms with Gasteiger partial charge in [-0.25, -0.2) is 8.42 Å². The molecule has 3 aromatic carbocycles. The molecule has 2 aliphatic heterocycles. The Morgan fingerprint density at radius 3 is 2.40 bits per heavy atom. The van der Waals surface area contributed by atoms with Crippen LogP contribution in [0.3, 0.4) is 0 Å². The van der Waals surface area contributed by atoms with Gasteiger partial charge in [-0.15, -0.1) is 0 Å². The van der Waals surface area contributed by atoms with Crippen molar-refractivity contribution in [3.8, 4) is 5.75 Å². The number of benzene rings is 3. The van der Waals surface area contributed by atoms with E-state index in [0.717, 1.165) is 28.0 Å². The maximum atomic E-state index is 13.2. The van der Waals surface area contributed by atoms with Gasteiger partial charge in [-0.2, -0.15) is 4.31 Å². The molecular formula is C27H28N2O5S. The second-order valence-corrected chi connectivity index (χ2v) is 11.0. The molecule has 8 heteroatoms. The van der Waals surface area contributed by atoms with Gasteiger partial charge in [0.1, 0.15) is 12.4 Å². The molecule has 0 unspecified atom stereocenters. The summed E-state index contributed by atoms with van der Waals surface area (Å²) in [6, 6.07) is 20.5.